The summed E-state index contributed by atoms with van der Waals surface area (Å²) in [6, 6.07) is 9.38. The Hall–Kier alpha value is -1.15. The quantitative estimate of drug-likeness (QED) is 0.585. The Kier molecular flexibility index (Phi) is 4.32. The van der Waals surface area contributed by atoms with E-state index in [4.69, 9.17) is 0 Å². The molecular weight excluding hydrogens is 276 g/mol. The Balaban J connectivity index is 2.09. The summed E-state index contributed by atoms with van der Waals surface area (Å²) in [5.41, 5.74) is 2.01. The van der Waals surface area contributed by atoms with Gasteiger partial charge in [-0.25, -0.2) is 0 Å². The van der Waals surface area contributed by atoms with Gasteiger partial charge in [0.1, 0.15) is 0 Å². The van der Waals surface area contributed by atoms with Gasteiger partial charge in [0.25, 0.3) is 0 Å². The number of benzene rings is 1. The van der Waals surface area contributed by atoms with Crippen molar-refractivity contribution < 1.29 is 4.79 Å². The summed E-state index contributed by atoms with van der Waals surface area (Å²) in [7, 11) is 0. The van der Waals surface area contributed by atoms with E-state index in [1.54, 1.807) is 6.08 Å². The topological polar surface area (TPSA) is 17.1 Å². The summed E-state index contributed by atoms with van der Waals surface area (Å²) in [4.78, 5) is 11.9. The predicted molar refractivity (Wildman–Crippen MR) is 74.3 cm³/mol. The summed E-state index contributed by atoms with van der Waals surface area (Å²) in [5.74, 6) is 0.0731. The molecule has 0 aromatic heterocycles. The highest BCUT2D eigenvalue weighted by Gasteiger charge is 2.08. The summed E-state index contributed by atoms with van der Waals surface area (Å²) in [6.45, 7) is 0. The molecule has 0 atom stereocenters. The van der Waals surface area contributed by atoms with Crippen LogP contribution in [0.5, 0.6) is 0 Å². The largest absolute Gasteiger partial charge is 0.289 e. The molecule has 2 heteroatoms. The maximum absolute atomic E-state index is 11.9. The molecule has 0 saturated carbocycles. The average Bonchev–Trinajstić information content (AvgIpc) is 2.38. The zero-order chi connectivity index (χ0) is 12.1. The lowest BCUT2D eigenvalue weighted by molar-refractivity contribution is 0.104. The van der Waals surface area contributed by atoms with Crippen LogP contribution in [-0.2, 0) is 0 Å². The van der Waals surface area contributed by atoms with Gasteiger partial charge in [-0.05, 0) is 41.8 Å². The number of allylic oxidation sites excluding steroid dienone is 4. The van der Waals surface area contributed by atoms with Crippen molar-refractivity contribution >= 4 is 21.7 Å². The average molecular weight is 291 g/mol. The van der Waals surface area contributed by atoms with Gasteiger partial charge < -0.3 is 0 Å². The second-order valence-electron chi connectivity index (χ2n) is 4.20. The van der Waals surface area contributed by atoms with Crippen molar-refractivity contribution in [1.29, 1.82) is 0 Å². The molecule has 2 rings (SSSR count). The van der Waals surface area contributed by atoms with Gasteiger partial charge in [-0.3, -0.25) is 4.79 Å². The van der Waals surface area contributed by atoms with Crippen LogP contribution in [-0.4, -0.2) is 5.78 Å². The SMILES string of the molecule is O=C(/C=C/C1=C(Br)CCCC1)c1ccccc1. The summed E-state index contributed by atoms with van der Waals surface area (Å²) < 4.78 is 1.25. The number of ketones is 1. The molecule has 0 bridgehead atoms. The number of rotatable bonds is 3. The molecule has 1 aliphatic carbocycles. The first kappa shape index (κ1) is 12.3. The summed E-state index contributed by atoms with van der Waals surface area (Å²) in [6.07, 6.45) is 8.26. The molecule has 1 aromatic carbocycles. The number of hydrogen-bond donors (Lipinski definition) is 0. The minimum absolute atomic E-state index is 0.0731. The van der Waals surface area contributed by atoms with Crippen LogP contribution in [0.4, 0.5) is 0 Å². The van der Waals surface area contributed by atoms with Crippen LogP contribution in [0.15, 0.2) is 52.5 Å². The fourth-order valence-electron chi connectivity index (χ4n) is 1.94. The van der Waals surface area contributed by atoms with Crippen molar-refractivity contribution in [2.75, 3.05) is 0 Å². The molecule has 0 amide bonds. The minimum Gasteiger partial charge on any atom is -0.289 e. The predicted octanol–water partition coefficient (Wildman–Crippen LogP) is 4.65. The Labute approximate surface area is 110 Å². The van der Waals surface area contributed by atoms with Gasteiger partial charge in [0.05, 0.1) is 0 Å². The third-order valence-corrected chi connectivity index (χ3v) is 3.84. The maximum atomic E-state index is 11.9. The van der Waals surface area contributed by atoms with Gasteiger partial charge in [-0.15, -0.1) is 0 Å². The molecule has 1 nitrogen and oxygen atoms in total. The lowest BCUT2D eigenvalue weighted by Gasteiger charge is -2.12. The van der Waals surface area contributed by atoms with Crippen molar-refractivity contribution in [3.05, 3.63) is 58.1 Å². The van der Waals surface area contributed by atoms with Crippen molar-refractivity contribution in [3.8, 4) is 0 Å². The molecule has 0 N–H and O–H groups in total. The van der Waals surface area contributed by atoms with Crippen LogP contribution in [0.1, 0.15) is 36.0 Å². The van der Waals surface area contributed by atoms with Crippen molar-refractivity contribution in [2.45, 2.75) is 25.7 Å². The third kappa shape index (κ3) is 3.40. The molecule has 1 aliphatic rings. The molecule has 0 radical (unpaired) electrons. The Morgan fingerprint density at radius 2 is 1.82 bits per heavy atom. The monoisotopic (exact) mass is 290 g/mol. The van der Waals surface area contributed by atoms with Crippen LogP contribution >= 0.6 is 15.9 Å². The second-order valence-corrected chi connectivity index (χ2v) is 5.16. The second kappa shape index (κ2) is 5.97. The Bertz CT molecular complexity index is 457. The van der Waals surface area contributed by atoms with Crippen molar-refractivity contribution in [1.82, 2.24) is 0 Å². The fourth-order valence-corrected chi connectivity index (χ4v) is 2.55. The van der Waals surface area contributed by atoms with E-state index in [1.165, 1.54) is 22.9 Å². The van der Waals surface area contributed by atoms with Crippen LogP contribution in [0.3, 0.4) is 0 Å². The molecule has 0 aliphatic heterocycles. The van der Waals surface area contributed by atoms with Crippen LogP contribution in [0, 0.1) is 0 Å². The van der Waals surface area contributed by atoms with E-state index in [2.05, 4.69) is 15.9 Å². The molecule has 0 heterocycles. The van der Waals surface area contributed by atoms with Crippen LogP contribution < -0.4 is 0 Å². The van der Waals surface area contributed by atoms with E-state index >= 15 is 0 Å². The zero-order valence-corrected chi connectivity index (χ0v) is 11.2. The van der Waals surface area contributed by atoms with E-state index in [9.17, 15) is 4.79 Å². The van der Waals surface area contributed by atoms with Crippen LogP contribution in [0.2, 0.25) is 0 Å². The first-order chi connectivity index (χ1) is 8.27. The molecule has 0 fully saturated rings. The third-order valence-electron chi connectivity index (χ3n) is 2.94. The number of hydrogen-bond acceptors (Lipinski definition) is 1. The number of carbonyl (C=O) groups is 1. The molecule has 88 valence electrons. The lowest BCUT2D eigenvalue weighted by Crippen LogP contribution is -1.96. The number of halogens is 1. The maximum Gasteiger partial charge on any atom is 0.185 e. The fraction of sp³-hybridized carbons (Fsp3) is 0.267. The van der Waals surface area contributed by atoms with Crippen molar-refractivity contribution in [3.63, 3.8) is 0 Å². The van der Waals surface area contributed by atoms with E-state index in [0.29, 0.717) is 0 Å². The summed E-state index contributed by atoms with van der Waals surface area (Å²) in [5, 5.41) is 0. The van der Waals surface area contributed by atoms with Gasteiger partial charge in [-0.2, -0.15) is 0 Å². The number of carbonyl (C=O) groups excluding carboxylic acids is 1. The normalized spacial score (nSPS) is 16.5. The first-order valence-electron chi connectivity index (χ1n) is 5.92. The van der Waals surface area contributed by atoms with Gasteiger partial charge in [-0.1, -0.05) is 52.3 Å². The highest BCUT2D eigenvalue weighted by atomic mass is 79.9. The van der Waals surface area contributed by atoms with Gasteiger partial charge in [0.2, 0.25) is 0 Å². The Morgan fingerprint density at radius 3 is 2.53 bits per heavy atom. The van der Waals surface area contributed by atoms with Gasteiger partial charge >= 0.3 is 0 Å². The Morgan fingerprint density at radius 1 is 1.12 bits per heavy atom. The minimum atomic E-state index is 0.0731. The molecule has 17 heavy (non-hydrogen) atoms. The highest BCUT2D eigenvalue weighted by Crippen LogP contribution is 2.29. The van der Waals surface area contributed by atoms with Gasteiger partial charge in [0.15, 0.2) is 5.78 Å². The highest BCUT2D eigenvalue weighted by molar-refractivity contribution is 9.11. The molecular formula is C15H15BrO. The molecule has 0 spiro atoms. The zero-order valence-electron chi connectivity index (χ0n) is 9.66. The molecule has 0 unspecified atom stereocenters. The van der Waals surface area contributed by atoms with E-state index in [-0.39, 0.29) is 5.78 Å². The molecule has 1 aromatic rings. The smallest absolute Gasteiger partial charge is 0.185 e. The van der Waals surface area contributed by atoms with E-state index in [1.807, 2.05) is 36.4 Å². The van der Waals surface area contributed by atoms with Crippen molar-refractivity contribution in [2.24, 2.45) is 0 Å². The molecule has 0 saturated heterocycles. The van der Waals surface area contributed by atoms with E-state index < -0.39 is 0 Å². The van der Waals surface area contributed by atoms with E-state index in [0.717, 1.165) is 18.4 Å². The first-order valence-corrected chi connectivity index (χ1v) is 6.71. The van der Waals surface area contributed by atoms with Crippen LogP contribution in [0.25, 0.3) is 0 Å². The van der Waals surface area contributed by atoms with Gasteiger partial charge in [0, 0.05) is 5.56 Å². The lowest BCUT2D eigenvalue weighted by atomic mass is 9.98. The summed E-state index contributed by atoms with van der Waals surface area (Å²) >= 11 is 3.58. The standard InChI is InChI=1S/C15H15BrO/c16-14-9-5-4-6-12(14)10-11-15(17)13-7-2-1-3-8-13/h1-3,7-8,10-11H,4-6,9H2/b11-10+.